The number of nitrogens with zero attached hydrogens (tertiary/aromatic N) is 4. The van der Waals surface area contributed by atoms with Gasteiger partial charge in [-0.3, -0.25) is 4.79 Å². The number of carbonyl (C=O) groups is 1. The predicted molar refractivity (Wildman–Crippen MR) is 80.3 cm³/mol. The van der Waals surface area contributed by atoms with Crippen LogP contribution >= 0.6 is 23.2 Å². The van der Waals surface area contributed by atoms with Crippen molar-refractivity contribution >= 4 is 34.9 Å². The monoisotopic (exact) mass is 328 g/mol. The molecule has 0 aromatic carbocycles. The van der Waals surface area contributed by atoms with Crippen LogP contribution in [0.5, 0.6) is 0 Å². The minimum Gasteiger partial charge on any atom is -0.311 e. The van der Waals surface area contributed by atoms with Crippen molar-refractivity contribution in [1.29, 1.82) is 0 Å². The Morgan fingerprint density at radius 3 is 2.95 bits per heavy atom. The van der Waals surface area contributed by atoms with Crippen molar-refractivity contribution < 1.29 is 4.79 Å². The van der Waals surface area contributed by atoms with Crippen molar-refractivity contribution in [2.24, 2.45) is 0 Å². The first kappa shape index (κ1) is 15.7. The largest absolute Gasteiger partial charge is 0.311 e. The molecule has 0 saturated heterocycles. The molecular weight excluding hydrogens is 315 g/mol. The second-order valence-electron chi connectivity index (χ2n) is 4.22. The molecule has 0 radical (unpaired) electrons. The number of amides is 1. The summed E-state index contributed by atoms with van der Waals surface area (Å²) in [5.74, 6) is -0.0364. The van der Waals surface area contributed by atoms with Gasteiger partial charge in [0.05, 0.1) is 21.9 Å². The van der Waals surface area contributed by atoms with Crippen molar-refractivity contribution in [3.63, 3.8) is 0 Å². The number of rotatable bonds is 6. The Balaban J connectivity index is 1.93. The van der Waals surface area contributed by atoms with E-state index in [1.165, 1.54) is 16.9 Å². The lowest BCUT2D eigenvalue weighted by Crippen LogP contribution is -2.20. The Morgan fingerprint density at radius 1 is 1.43 bits per heavy atom. The molecule has 2 aromatic heterocycles. The van der Waals surface area contributed by atoms with Crippen LogP contribution < -0.4 is 10.6 Å². The smallest absolute Gasteiger partial charge is 0.247 e. The molecule has 9 heteroatoms. The molecule has 0 aliphatic heterocycles. The number of pyridine rings is 1. The molecule has 0 aliphatic carbocycles. The molecule has 1 amide bonds. The first-order valence-corrected chi connectivity index (χ1v) is 7.04. The summed E-state index contributed by atoms with van der Waals surface area (Å²) in [6.45, 7) is 3.48. The number of anilines is 1. The summed E-state index contributed by atoms with van der Waals surface area (Å²) in [5, 5.41) is 14.2. The van der Waals surface area contributed by atoms with Gasteiger partial charge in [0, 0.05) is 12.7 Å². The Bertz CT molecular complexity index is 630. The van der Waals surface area contributed by atoms with Crippen LogP contribution in [0.2, 0.25) is 10.0 Å². The minimum atomic E-state index is -0.299. The van der Waals surface area contributed by atoms with Crippen LogP contribution in [-0.4, -0.2) is 32.4 Å². The third-order valence-corrected chi connectivity index (χ3v) is 3.01. The van der Waals surface area contributed by atoms with Crippen LogP contribution in [0.1, 0.15) is 12.6 Å². The summed E-state index contributed by atoms with van der Waals surface area (Å²) in [6, 6.07) is 1.51. The standard InChI is InChI=1S/C12H14Cl2N6O/c1-2-15-5-9-6-20(19-18-9)7-11(21)17-12-10(14)3-8(13)4-16-12/h3-4,6,15H,2,5,7H2,1H3,(H,16,17,21). The van der Waals surface area contributed by atoms with E-state index in [0.717, 1.165) is 12.2 Å². The Morgan fingerprint density at radius 2 is 2.24 bits per heavy atom. The van der Waals surface area contributed by atoms with E-state index in [9.17, 15) is 4.79 Å². The molecule has 0 fully saturated rings. The highest BCUT2D eigenvalue weighted by atomic mass is 35.5. The van der Waals surface area contributed by atoms with Gasteiger partial charge in [-0.25, -0.2) is 9.67 Å². The first-order chi connectivity index (χ1) is 10.1. The normalized spacial score (nSPS) is 10.6. The fourth-order valence-electron chi connectivity index (χ4n) is 1.58. The van der Waals surface area contributed by atoms with Crippen molar-refractivity contribution in [2.45, 2.75) is 20.0 Å². The summed E-state index contributed by atoms with van der Waals surface area (Å²) in [6.07, 6.45) is 3.12. The van der Waals surface area contributed by atoms with Gasteiger partial charge in [-0.1, -0.05) is 35.3 Å². The second kappa shape index (κ2) is 7.35. The molecule has 7 nitrogen and oxygen atoms in total. The summed E-state index contributed by atoms with van der Waals surface area (Å²) in [7, 11) is 0. The van der Waals surface area contributed by atoms with Crippen LogP contribution in [0, 0.1) is 0 Å². The van der Waals surface area contributed by atoms with Crippen LogP contribution in [0.3, 0.4) is 0 Å². The number of hydrogen-bond acceptors (Lipinski definition) is 5. The Kier molecular flexibility index (Phi) is 5.49. The second-order valence-corrected chi connectivity index (χ2v) is 5.06. The van der Waals surface area contributed by atoms with Gasteiger partial charge in [0.2, 0.25) is 5.91 Å². The maximum absolute atomic E-state index is 11.9. The maximum Gasteiger partial charge on any atom is 0.247 e. The molecule has 2 heterocycles. The van der Waals surface area contributed by atoms with Crippen LogP contribution in [0.25, 0.3) is 0 Å². The fourth-order valence-corrected chi connectivity index (χ4v) is 2.00. The zero-order chi connectivity index (χ0) is 15.2. The third kappa shape index (κ3) is 4.66. The summed E-state index contributed by atoms with van der Waals surface area (Å²) in [4.78, 5) is 15.8. The number of hydrogen-bond donors (Lipinski definition) is 2. The number of halogens is 2. The molecule has 0 unspecified atom stereocenters. The van der Waals surface area contributed by atoms with Crippen LogP contribution in [0.15, 0.2) is 18.5 Å². The van der Waals surface area contributed by atoms with Gasteiger partial charge in [-0.15, -0.1) is 5.10 Å². The molecule has 21 heavy (non-hydrogen) atoms. The molecule has 2 N–H and O–H groups in total. The van der Waals surface area contributed by atoms with E-state index in [4.69, 9.17) is 23.2 Å². The quantitative estimate of drug-likeness (QED) is 0.843. The van der Waals surface area contributed by atoms with Gasteiger partial charge in [-0.2, -0.15) is 0 Å². The van der Waals surface area contributed by atoms with Crippen LogP contribution in [-0.2, 0) is 17.9 Å². The topological polar surface area (TPSA) is 84.7 Å². The van der Waals surface area contributed by atoms with Crippen molar-refractivity contribution in [1.82, 2.24) is 25.3 Å². The van der Waals surface area contributed by atoms with Crippen molar-refractivity contribution in [3.05, 3.63) is 34.2 Å². The minimum absolute atomic E-state index is 0.0275. The van der Waals surface area contributed by atoms with Gasteiger partial charge in [0.25, 0.3) is 0 Å². The van der Waals surface area contributed by atoms with Crippen molar-refractivity contribution in [3.8, 4) is 0 Å². The maximum atomic E-state index is 11.9. The highest BCUT2D eigenvalue weighted by molar-refractivity contribution is 6.36. The molecule has 2 aromatic rings. The lowest BCUT2D eigenvalue weighted by Gasteiger charge is -2.06. The number of nitrogens with one attached hydrogen (secondary N) is 2. The predicted octanol–water partition coefficient (Wildman–Crippen LogP) is 1.73. The van der Waals surface area contributed by atoms with E-state index < -0.39 is 0 Å². The molecule has 112 valence electrons. The highest BCUT2D eigenvalue weighted by Gasteiger charge is 2.10. The molecular formula is C12H14Cl2N6O. The average Bonchev–Trinajstić information content (AvgIpc) is 2.87. The van der Waals surface area contributed by atoms with E-state index in [0.29, 0.717) is 11.6 Å². The zero-order valence-corrected chi connectivity index (χ0v) is 12.8. The molecule has 0 bridgehead atoms. The summed E-state index contributed by atoms with van der Waals surface area (Å²) in [5.41, 5.74) is 0.771. The summed E-state index contributed by atoms with van der Waals surface area (Å²) >= 11 is 11.7. The highest BCUT2D eigenvalue weighted by Crippen LogP contribution is 2.22. The molecule has 0 spiro atoms. The first-order valence-electron chi connectivity index (χ1n) is 6.29. The Hall–Kier alpha value is -1.70. The van der Waals surface area contributed by atoms with Gasteiger partial charge in [-0.05, 0) is 12.6 Å². The van der Waals surface area contributed by atoms with E-state index in [2.05, 4.69) is 25.9 Å². The van der Waals surface area contributed by atoms with Gasteiger partial charge >= 0.3 is 0 Å². The Labute approximate surface area is 131 Å². The van der Waals surface area contributed by atoms with E-state index in [1.807, 2.05) is 6.92 Å². The molecule has 0 aliphatic rings. The number of aromatic nitrogens is 4. The third-order valence-electron chi connectivity index (χ3n) is 2.51. The lowest BCUT2D eigenvalue weighted by molar-refractivity contribution is -0.116. The van der Waals surface area contributed by atoms with E-state index in [1.54, 1.807) is 6.20 Å². The van der Waals surface area contributed by atoms with Gasteiger partial charge < -0.3 is 10.6 Å². The SMILES string of the molecule is CCNCc1cn(CC(=O)Nc2ncc(Cl)cc2Cl)nn1. The van der Waals surface area contributed by atoms with Gasteiger partial charge in [0.1, 0.15) is 6.54 Å². The van der Waals surface area contributed by atoms with Gasteiger partial charge in [0.15, 0.2) is 5.82 Å². The fraction of sp³-hybridized carbons (Fsp3) is 0.333. The average molecular weight is 329 g/mol. The summed E-state index contributed by atoms with van der Waals surface area (Å²) < 4.78 is 1.45. The van der Waals surface area contributed by atoms with E-state index in [-0.39, 0.29) is 23.3 Å². The van der Waals surface area contributed by atoms with E-state index >= 15 is 0 Å². The molecule has 2 rings (SSSR count). The molecule has 0 atom stereocenters. The van der Waals surface area contributed by atoms with Crippen LogP contribution in [0.4, 0.5) is 5.82 Å². The number of carbonyl (C=O) groups excluding carboxylic acids is 1. The molecule has 0 saturated carbocycles. The lowest BCUT2D eigenvalue weighted by atomic mass is 10.4. The van der Waals surface area contributed by atoms with Crippen molar-refractivity contribution in [2.75, 3.05) is 11.9 Å². The zero-order valence-electron chi connectivity index (χ0n) is 11.3.